The molecule has 0 aromatic rings. The molecule has 0 bridgehead atoms. The van der Waals surface area contributed by atoms with E-state index in [1.807, 2.05) is 6.92 Å². The van der Waals surface area contributed by atoms with Gasteiger partial charge in [-0.15, -0.1) is 0 Å². The first-order valence-electron chi connectivity index (χ1n) is 5.77. The summed E-state index contributed by atoms with van der Waals surface area (Å²) in [5.41, 5.74) is 2.68. The van der Waals surface area contributed by atoms with Crippen LogP contribution in [0.1, 0.15) is 34.1 Å². The number of hydrogen-bond donors (Lipinski definition) is 1. The van der Waals surface area contributed by atoms with Crippen LogP contribution in [0.25, 0.3) is 0 Å². The number of carbonyl (C=O) groups is 1. The molecule has 2 rings (SSSR count). The van der Waals surface area contributed by atoms with Crippen molar-refractivity contribution < 1.29 is 4.79 Å². The van der Waals surface area contributed by atoms with Crippen molar-refractivity contribution in [2.24, 2.45) is 4.99 Å². The van der Waals surface area contributed by atoms with Gasteiger partial charge in [0.05, 0.1) is 12.1 Å². The molecular formula is C12H19N3O. The molecule has 2 heterocycles. The number of amidine groups is 1. The lowest BCUT2D eigenvalue weighted by Gasteiger charge is -2.28. The first-order chi connectivity index (χ1) is 7.49. The zero-order valence-corrected chi connectivity index (χ0v) is 10.4. The van der Waals surface area contributed by atoms with Gasteiger partial charge in [0.25, 0.3) is 0 Å². The molecule has 1 saturated heterocycles. The van der Waals surface area contributed by atoms with E-state index < -0.39 is 0 Å². The van der Waals surface area contributed by atoms with Crippen LogP contribution in [0, 0.1) is 0 Å². The summed E-state index contributed by atoms with van der Waals surface area (Å²) in [5, 5.41) is 2.98. The van der Waals surface area contributed by atoms with Gasteiger partial charge in [-0.3, -0.25) is 9.79 Å². The number of nitrogens with zero attached hydrogens (tertiary/aromatic N) is 2. The third kappa shape index (κ3) is 1.84. The van der Waals surface area contributed by atoms with Crippen LogP contribution >= 0.6 is 0 Å². The second-order valence-corrected chi connectivity index (χ2v) is 4.69. The zero-order chi connectivity index (χ0) is 11.9. The maximum atomic E-state index is 11.1. The van der Waals surface area contributed by atoms with Crippen LogP contribution < -0.4 is 5.32 Å². The van der Waals surface area contributed by atoms with Crippen molar-refractivity contribution in [3.8, 4) is 0 Å². The quantitative estimate of drug-likeness (QED) is 0.725. The highest BCUT2D eigenvalue weighted by molar-refractivity contribution is 5.84. The van der Waals surface area contributed by atoms with E-state index in [0.29, 0.717) is 0 Å². The summed E-state index contributed by atoms with van der Waals surface area (Å²) in [5.74, 6) is 1.12. The smallest absolute Gasteiger partial charge is 0.217 e. The Morgan fingerprint density at radius 3 is 2.81 bits per heavy atom. The second-order valence-electron chi connectivity index (χ2n) is 4.69. The molecule has 2 aliphatic heterocycles. The van der Waals surface area contributed by atoms with E-state index in [-0.39, 0.29) is 18.0 Å². The molecule has 0 spiro atoms. The lowest BCUT2D eigenvalue weighted by Crippen LogP contribution is -2.37. The molecule has 4 heteroatoms. The molecule has 4 nitrogen and oxygen atoms in total. The summed E-state index contributed by atoms with van der Waals surface area (Å²) in [4.78, 5) is 17.9. The van der Waals surface area contributed by atoms with Crippen molar-refractivity contribution in [1.29, 1.82) is 0 Å². The van der Waals surface area contributed by atoms with Gasteiger partial charge in [-0.05, 0) is 26.3 Å². The van der Waals surface area contributed by atoms with Crippen molar-refractivity contribution in [2.75, 3.05) is 6.54 Å². The first kappa shape index (κ1) is 11.2. The average Bonchev–Trinajstić information content (AvgIpc) is 2.58. The number of hydrogen-bond acceptors (Lipinski definition) is 3. The number of fused-ring (bicyclic) bond motifs is 1. The van der Waals surface area contributed by atoms with Crippen molar-refractivity contribution in [2.45, 2.75) is 46.2 Å². The lowest BCUT2D eigenvalue weighted by atomic mass is 10.0. The Hall–Kier alpha value is -1.32. The molecule has 1 fully saturated rings. The van der Waals surface area contributed by atoms with Crippen molar-refractivity contribution in [3.63, 3.8) is 0 Å². The Bertz CT molecular complexity index is 384. The van der Waals surface area contributed by atoms with Crippen LogP contribution in [0.4, 0.5) is 0 Å². The van der Waals surface area contributed by atoms with Crippen molar-refractivity contribution >= 4 is 11.7 Å². The number of aliphatic imine (C=N–C) groups is 1. The summed E-state index contributed by atoms with van der Waals surface area (Å²) in [6.07, 6.45) is 0.933. The van der Waals surface area contributed by atoms with Gasteiger partial charge in [-0.1, -0.05) is 0 Å². The van der Waals surface area contributed by atoms with Crippen LogP contribution in [0.15, 0.2) is 16.3 Å². The van der Waals surface area contributed by atoms with E-state index in [9.17, 15) is 4.79 Å². The predicted molar refractivity (Wildman–Crippen MR) is 64.2 cm³/mol. The highest BCUT2D eigenvalue weighted by Gasteiger charge is 2.33. The molecule has 0 saturated carbocycles. The third-order valence-corrected chi connectivity index (χ3v) is 3.43. The van der Waals surface area contributed by atoms with Crippen LogP contribution in [0.3, 0.4) is 0 Å². The third-order valence-electron chi connectivity index (χ3n) is 3.43. The van der Waals surface area contributed by atoms with Crippen LogP contribution in [-0.4, -0.2) is 35.3 Å². The number of nitrogens with one attached hydrogen (secondary N) is 1. The van der Waals surface area contributed by atoms with Gasteiger partial charge in [0.2, 0.25) is 5.91 Å². The highest BCUT2D eigenvalue weighted by atomic mass is 16.1. The normalized spacial score (nSPS) is 29.0. The predicted octanol–water partition coefficient (Wildman–Crippen LogP) is 1.29. The van der Waals surface area contributed by atoms with E-state index >= 15 is 0 Å². The fraction of sp³-hybridized carbons (Fsp3) is 0.667. The highest BCUT2D eigenvalue weighted by Crippen LogP contribution is 2.30. The number of rotatable bonds is 1. The maximum absolute atomic E-state index is 11.1. The van der Waals surface area contributed by atoms with Gasteiger partial charge in [-0.25, -0.2) is 0 Å². The molecule has 88 valence electrons. The lowest BCUT2D eigenvalue weighted by molar-refractivity contribution is -0.119. The molecular weight excluding hydrogens is 202 g/mol. The fourth-order valence-corrected chi connectivity index (χ4v) is 2.51. The van der Waals surface area contributed by atoms with Gasteiger partial charge < -0.3 is 10.2 Å². The Kier molecular flexibility index (Phi) is 2.74. The molecule has 2 aliphatic rings. The Labute approximate surface area is 96.4 Å². The van der Waals surface area contributed by atoms with Gasteiger partial charge in [0.15, 0.2) is 0 Å². The van der Waals surface area contributed by atoms with Gasteiger partial charge in [0.1, 0.15) is 5.84 Å². The molecule has 2 atom stereocenters. The van der Waals surface area contributed by atoms with Gasteiger partial charge in [0, 0.05) is 25.6 Å². The average molecular weight is 221 g/mol. The van der Waals surface area contributed by atoms with E-state index in [1.54, 1.807) is 6.92 Å². The fourth-order valence-electron chi connectivity index (χ4n) is 2.51. The van der Waals surface area contributed by atoms with E-state index in [1.165, 1.54) is 11.3 Å². The van der Waals surface area contributed by atoms with Crippen molar-refractivity contribution in [3.05, 3.63) is 11.3 Å². The van der Waals surface area contributed by atoms with Gasteiger partial charge in [-0.2, -0.15) is 0 Å². The summed E-state index contributed by atoms with van der Waals surface area (Å²) in [7, 11) is 0. The summed E-state index contributed by atoms with van der Waals surface area (Å²) in [6.45, 7) is 8.73. The maximum Gasteiger partial charge on any atom is 0.217 e. The van der Waals surface area contributed by atoms with E-state index in [0.717, 1.165) is 18.8 Å². The van der Waals surface area contributed by atoms with Gasteiger partial charge >= 0.3 is 0 Å². The topological polar surface area (TPSA) is 44.7 Å². The SMILES string of the molecule is CC(=O)N[C@H]1CC2=C(C)[C@H](C)N=C(C)N2C1. The van der Waals surface area contributed by atoms with Crippen molar-refractivity contribution in [1.82, 2.24) is 10.2 Å². The minimum Gasteiger partial charge on any atom is -0.351 e. The van der Waals surface area contributed by atoms with Crippen LogP contribution in [0.5, 0.6) is 0 Å². The second kappa shape index (κ2) is 3.92. The van der Waals surface area contributed by atoms with Crippen LogP contribution in [-0.2, 0) is 4.79 Å². The summed E-state index contributed by atoms with van der Waals surface area (Å²) >= 11 is 0. The summed E-state index contributed by atoms with van der Waals surface area (Å²) < 4.78 is 0. The zero-order valence-electron chi connectivity index (χ0n) is 10.4. The Balaban J connectivity index is 2.20. The van der Waals surface area contributed by atoms with E-state index in [2.05, 4.69) is 29.1 Å². The van der Waals surface area contributed by atoms with E-state index in [4.69, 9.17) is 0 Å². The molecule has 0 aromatic heterocycles. The molecule has 0 unspecified atom stereocenters. The molecule has 16 heavy (non-hydrogen) atoms. The number of carbonyl (C=O) groups excluding carboxylic acids is 1. The monoisotopic (exact) mass is 221 g/mol. The minimum atomic E-state index is 0.0470. The molecule has 0 aromatic carbocycles. The Morgan fingerprint density at radius 1 is 1.50 bits per heavy atom. The minimum absolute atomic E-state index is 0.0470. The number of amides is 1. The first-order valence-corrected chi connectivity index (χ1v) is 5.77. The molecule has 1 amide bonds. The summed E-state index contributed by atoms with van der Waals surface area (Å²) in [6, 6.07) is 0.514. The van der Waals surface area contributed by atoms with Crippen LogP contribution in [0.2, 0.25) is 0 Å². The largest absolute Gasteiger partial charge is 0.351 e. The molecule has 1 N–H and O–H groups in total. The molecule has 0 radical (unpaired) electrons. The Morgan fingerprint density at radius 2 is 2.19 bits per heavy atom. The molecule has 0 aliphatic carbocycles. The standard InChI is InChI=1S/C12H19N3O/c1-7-8(2)13-9(3)15-6-11(5-12(7)15)14-10(4)16/h8,11H,5-6H2,1-4H3,(H,14,16)/t8-,11-/m0/s1.